The third kappa shape index (κ3) is 3.27. The summed E-state index contributed by atoms with van der Waals surface area (Å²) in [6, 6.07) is 10.1. The van der Waals surface area contributed by atoms with Crippen molar-refractivity contribution in [2.45, 2.75) is 25.8 Å². The number of carbonyl (C=O) groups is 1. The van der Waals surface area contributed by atoms with Crippen LogP contribution in [0.4, 0.5) is 0 Å². The zero-order valence-corrected chi connectivity index (χ0v) is 12.9. The van der Waals surface area contributed by atoms with E-state index in [0.29, 0.717) is 6.54 Å². The van der Waals surface area contributed by atoms with Crippen molar-refractivity contribution in [3.8, 4) is 5.69 Å². The van der Waals surface area contributed by atoms with Gasteiger partial charge in [-0.25, -0.2) is 4.68 Å². The molecule has 114 valence electrons. The smallest absolute Gasteiger partial charge is 0.226 e. The summed E-state index contributed by atoms with van der Waals surface area (Å²) in [5.41, 5.74) is 2.17. The largest absolute Gasteiger partial charge is 0.341 e. The molecule has 0 aliphatic heterocycles. The van der Waals surface area contributed by atoms with Gasteiger partial charge in [-0.1, -0.05) is 24.3 Å². The Morgan fingerprint density at radius 2 is 2.14 bits per heavy atom. The second kappa shape index (κ2) is 6.60. The molecule has 4 nitrogen and oxygen atoms in total. The van der Waals surface area contributed by atoms with E-state index >= 15 is 0 Å². The molecule has 0 N–H and O–H groups in total. The van der Waals surface area contributed by atoms with Crippen LogP contribution in [0.5, 0.6) is 0 Å². The van der Waals surface area contributed by atoms with Crippen LogP contribution < -0.4 is 0 Å². The van der Waals surface area contributed by atoms with Crippen molar-refractivity contribution in [3.63, 3.8) is 0 Å². The summed E-state index contributed by atoms with van der Waals surface area (Å²) in [5, 5.41) is 4.21. The fourth-order valence-corrected chi connectivity index (χ4v) is 2.86. The van der Waals surface area contributed by atoms with Crippen LogP contribution in [0.25, 0.3) is 5.69 Å². The van der Waals surface area contributed by atoms with Gasteiger partial charge in [0.1, 0.15) is 0 Å². The third-order valence-corrected chi connectivity index (χ3v) is 4.12. The molecule has 0 spiro atoms. The monoisotopic (exact) mass is 295 g/mol. The quantitative estimate of drug-likeness (QED) is 0.813. The first-order valence-electron chi connectivity index (χ1n) is 7.73. The van der Waals surface area contributed by atoms with Crippen molar-refractivity contribution in [1.82, 2.24) is 14.7 Å². The van der Waals surface area contributed by atoms with Gasteiger partial charge in [0.2, 0.25) is 5.91 Å². The Bertz CT molecular complexity index is 643. The molecule has 2 aromatic rings. The van der Waals surface area contributed by atoms with Gasteiger partial charge in [-0.15, -0.1) is 0 Å². The van der Waals surface area contributed by atoms with Crippen molar-refractivity contribution in [1.29, 1.82) is 0 Å². The van der Waals surface area contributed by atoms with Crippen LogP contribution in [0.3, 0.4) is 0 Å². The fourth-order valence-electron chi connectivity index (χ4n) is 2.86. The molecule has 0 radical (unpaired) electrons. The summed E-state index contributed by atoms with van der Waals surface area (Å²) < 4.78 is 1.83. The van der Waals surface area contributed by atoms with Crippen molar-refractivity contribution in [2.24, 2.45) is 5.92 Å². The first-order chi connectivity index (χ1) is 10.7. The summed E-state index contributed by atoms with van der Waals surface area (Å²) >= 11 is 0. The van der Waals surface area contributed by atoms with Crippen LogP contribution in [-0.4, -0.2) is 27.6 Å². The van der Waals surface area contributed by atoms with Crippen molar-refractivity contribution < 1.29 is 4.79 Å². The van der Waals surface area contributed by atoms with E-state index in [1.54, 1.807) is 6.20 Å². The number of hydrogen-bond donors (Lipinski definition) is 0. The highest BCUT2D eigenvalue weighted by molar-refractivity contribution is 5.78. The summed E-state index contributed by atoms with van der Waals surface area (Å²) in [6.45, 7) is 0.651. The molecule has 1 aromatic carbocycles. The number of hydrogen-bond acceptors (Lipinski definition) is 2. The Morgan fingerprint density at radius 3 is 2.77 bits per heavy atom. The summed E-state index contributed by atoms with van der Waals surface area (Å²) in [6.07, 6.45) is 10.8. The van der Waals surface area contributed by atoms with Gasteiger partial charge in [0, 0.05) is 31.9 Å². The molecule has 3 rings (SSSR count). The molecule has 0 saturated heterocycles. The van der Waals surface area contributed by atoms with E-state index in [1.165, 1.54) is 0 Å². The zero-order chi connectivity index (χ0) is 15.4. The Labute approximate surface area is 131 Å². The van der Waals surface area contributed by atoms with Crippen LogP contribution in [0.1, 0.15) is 24.8 Å². The van der Waals surface area contributed by atoms with Crippen LogP contribution in [0, 0.1) is 5.92 Å². The summed E-state index contributed by atoms with van der Waals surface area (Å²) in [7, 11) is 1.89. The maximum atomic E-state index is 12.4. The molecule has 1 amide bonds. The number of allylic oxidation sites excluding steroid dienone is 2. The zero-order valence-electron chi connectivity index (χ0n) is 12.9. The minimum atomic E-state index is 0.151. The van der Waals surface area contributed by atoms with E-state index in [-0.39, 0.29) is 11.8 Å². The average molecular weight is 295 g/mol. The van der Waals surface area contributed by atoms with Crippen molar-refractivity contribution >= 4 is 5.91 Å². The molecule has 1 heterocycles. The van der Waals surface area contributed by atoms with E-state index in [9.17, 15) is 4.79 Å². The minimum absolute atomic E-state index is 0.151. The SMILES string of the molecule is CN(Cc1ccc(-n2cccn2)cc1)C(=O)[C@@H]1CC=CCC1. The molecule has 1 aliphatic rings. The van der Waals surface area contributed by atoms with Crippen molar-refractivity contribution in [2.75, 3.05) is 7.05 Å². The lowest BCUT2D eigenvalue weighted by atomic mass is 9.93. The number of benzene rings is 1. The van der Waals surface area contributed by atoms with Crippen LogP contribution in [-0.2, 0) is 11.3 Å². The topological polar surface area (TPSA) is 38.1 Å². The van der Waals surface area contributed by atoms with Crippen LogP contribution >= 0.6 is 0 Å². The van der Waals surface area contributed by atoms with Gasteiger partial charge in [-0.2, -0.15) is 5.10 Å². The van der Waals surface area contributed by atoms with Gasteiger partial charge in [-0.3, -0.25) is 4.79 Å². The lowest BCUT2D eigenvalue weighted by Gasteiger charge is -2.24. The van der Waals surface area contributed by atoms with E-state index in [0.717, 1.165) is 30.5 Å². The highest BCUT2D eigenvalue weighted by Crippen LogP contribution is 2.21. The lowest BCUT2D eigenvalue weighted by Crippen LogP contribution is -2.32. The predicted octanol–water partition coefficient (Wildman–Crippen LogP) is 3.19. The maximum absolute atomic E-state index is 12.4. The van der Waals surface area contributed by atoms with E-state index in [2.05, 4.69) is 29.4 Å². The number of nitrogens with zero attached hydrogens (tertiary/aromatic N) is 3. The normalized spacial score (nSPS) is 17.4. The molecule has 4 heteroatoms. The summed E-state index contributed by atoms with van der Waals surface area (Å²) in [4.78, 5) is 14.3. The van der Waals surface area contributed by atoms with E-state index < -0.39 is 0 Å². The highest BCUT2D eigenvalue weighted by atomic mass is 16.2. The molecule has 1 aromatic heterocycles. The highest BCUT2D eigenvalue weighted by Gasteiger charge is 2.22. The fraction of sp³-hybridized carbons (Fsp3) is 0.333. The third-order valence-electron chi connectivity index (χ3n) is 4.12. The number of amides is 1. The number of rotatable bonds is 4. The molecule has 0 bridgehead atoms. The standard InChI is InChI=1S/C18H21N3O/c1-20(18(22)16-6-3-2-4-7-16)14-15-8-10-17(11-9-15)21-13-5-12-19-21/h2-3,5,8-13,16H,4,6-7,14H2,1H3/t16-/m1/s1. The Morgan fingerprint density at radius 1 is 1.32 bits per heavy atom. The molecular weight excluding hydrogens is 274 g/mol. The van der Waals surface area contributed by atoms with E-state index in [4.69, 9.17) is 0 Å². The molecule has 0 saturated carbocycles. The first-order valence-corrected chi connectivity index (χ1v) is 7.73. The molecule has 0 fully saturated rings. The van der Waals surface area contributed by atoms with Gasteiger partial charge < -0.3 is 4.90 Å². The number of aromatic nitrogens is 2. The van der Waals surface area contributed by atoms with Crippen molar-refractivity contribution in [3.05, 3.63) is 60.4 Å². The number of carbonyl (C=O) groups excluding carboxylic acids is 1. The molecule has 0 unspecified atom stereocenters. The minimum Gasteiger partial charge on any atom is -0.341 e. The van der Waals surface area contributed by atoms with Crippen LogP contribution in [0.15, 0.2) is 54.9 Å². The maximum Gasteiger partial charge on any atom is 0.226 e. The van der Waals surface area contributed by atoms with Gasteiger partial charge >= 0.3 is 0 Å². The second-order valence-electron chi connectivity index (χ2n) is 5.79. The van der Waals surface area contributed by atoms with E-state index in [1.807, 2.05) is 41.0 Å². The van der Waals surface area contributed by atoms with Gasteiger partial charge in [-0.05, 0) is 43.0 Å². The second-order valence-corrected chi connectivity index (χ2v) is 5.79. The average Bonchev–Trinajstić information content (AvgIpc) is 3.10. The van der Waals surface area contributed by atoms with Gasteiger partial charge in [0.25, 0.3) is 0 Å². The lowest BCUT2D eigenvalue weighted by molar-refractivity contribution is -0.135. The molecular formula is C18H21N3O. The molecule has 1 aliphatic carbocycles. The molecule has 22 heavy (non-hydrogen) atoms. The molecule has 1 atom stereocenters. The Kier molecular flexibility index (Phi) is 4.37. The Balaban J connectivity index is 1.62. The van der Waals surface area contributed by atoms with Crippen LogP contribution in [0.2, 0.25) is 0 Å². The predicted molar refractivity (Wildman–Crippen MR) is 86.5 cm³/mol. The Hall–Kier alpha value is -2.36. The van der Waals surface area contributed by atoms with Gasteiger partial charge in [0.15, 0.2) is 0 Å². The first kappa shape index (κ1) is 14.6. The van der Waals surface area contributed by atoms with Gasteiger partial charge in [0.05, 0.1) is 5.69 Å². The summed E-state index contributed by atoms with van der Waals surface area (Å²) in [5.74, 6) is 0.402.